The molecule has 6 heteroatoms. The maximum atomic E-state index is 8.89. The molecule has 2 N–H and O–H groups in total. The van der Waals surface area contributed by atoms with E-state index < -0.39 is 0 Å². The Balaban J connectivity index is 2.39. The van der Waals surface area contributed by atoms with Gasteiger partial charge in [0.15, 0.2) is 0 Å². The first-order chi connectivity index (χ1) is 8.22. The van der Waals surface area contributed by atoms with Crippen LogP contribution in [0.5, 0.6) is 11.6 Å². The predicted octanol–water partition coefficient (Wildman–Crippen LogP) is 2.49. The van der Waals surface area contributed by atoms with E-state index in [4.69, 9.17) is 15.7 Å². The molecule has 0 aliphatic heterocycles. The van der Waals surface area contributed by atoms with Gasteiger partial charge in [0.25, 0.3) is 5.88 Å². The van der Waals surface area contributed by atoms with Gasteiger partial charge in [-0.15, -0.1) is 5.10 Å². The van der Waals surface area contributed by atoms with Gasteiger partial charge >= 0.3 is 0 Å². The number of ether oxygens (including phenoxy) is 1. The largest absolute Gasteiger partial charge is 0.435 e. The highest BCUT2D eigenvalue weighted by atomic mass is 79.9. The maximum absolute atomic E-state index is 8.89. The van der Waals surface area contributed by atoms with E-state index >= 15 is 0 Å². The molecule has 0 radical (unpaired) electrons. The van der Waals surface area contributed by atoms with Crippen LogP contribution in [0.25, 0.3) is 0 Å². The van der Waals surface area contributed by atoms with E-state index in [1.165, 1.54) is 12.3 Å². The molecule has 0 bridgehead atoms. The Hall–Kier alpha value is -2.13. The van der Waals surface area contributed by atoms with Crippen molar-refractivity contribution in [2.45, 2.75) is 0 Å². The SMILES string of the molecule is N#Cc1ccnnc1Oc1cccc(N)c1Br. The van der Waals surface area contributed by atoms with E-state index in [2.05, 4.69) is 26.1 Å². The summed E-state index contributed by atoms with van der Waals surface area (Å²) in [5, 5.41) is 16.3. The van der Waals surface area contributed by atoms with Gasteiger partial charge in [0.2, 0.25) is 0 Å². The van der Waals surface area contributed by atoms with Crippen LogP contribution in [0.1, 0.15) is 5.56 Å². The third kappa shape index (κ3) is 2.34. The molecule has 17 heavy (non-hydrogen) atoms. The van der Waals surface area contributed by atoms with Gasteiger partial charge in [-0.1, -0.05) is 6.07 Å². The molecule has 1 aromatic carbocycles. The maximum Gasteiger partial charge on any atom is 0.257 e. The Morgan fingerprint density at radius 2 is 2.18 bits per heavy atom. The fourth-order valence-electron chi connectivity index (χ4n) is 1.19. The fraction of sp³-hybridized carbons (Fsp3) is 0. The van der Waals surface area contributed by atoms with Crippen molar-refractivity contribution in [3.8, 4) is 17.7 Å². The minimum atomic E-state index is 0.154. The van der Waals surface area contributed by atoms with E-state index in [1.807, 2.05) is 6.07 Å². The van der Waals surface area contributed by atoms with Crippen molar-refractivity contribution in [3.63, 3.8) is 0 Å². The molecule has 2 rings (SSSR count). The van der Waals surface area contributed by atoms with Crippen molar-refractivity contribution >= 4 is 21.6 Å². The number of aromatic nitrogens is 2. The normalized spacial score (nSPS) is 9.65. The number of nitriles is 1. The molecule has 84 valence electrons. The summed E-state index contributed by atoms with van der Waals surface area (Å²) >= 11 is 3.30. The molecule has 1 aromatic heterocycles. The van der Waals surface area contributed by atoms with Crippen molar-refractivity contribution in [1.82, 2.24) is 10.2 Å². The molecule has 0 unspecified atom stereocenters. The summed E-state index contributed by atoms with van der Waals surface area (Å²) in [7, 11) is 0. The highest BCUT2D eigenvalue weighted by molar-refractivity contribution is 9.10. The average molecular weight is 291 g/mol. The second-order valence-corrected chi connectivity index (χ2v) is 3.92. The van der Waals surface area contributed by atoms with Crippen LogP contribution in [0.2, 0.25) is 0 Å². The van der Waals surface area contributed by atoms with Gasteiger partial charge < -0.3 is 10.5 Å². The summed E-state index contributed by atoms with van der Waals surface area (Å²) in [5.41, 5.74) is 6.58. The number of anilines is 1. The van der Waals surface area contributed by atoms with Crippen molar-refractivity contribution in [2.75, 3.05) is 5.73 Å². The molecule has 1 heterocycles. The smallest absolute Gasteiger partial charge is 0.257 e. The van der Waals surface area contributed by atoms with Gasteiger partial charge in [-0.2, -0.15) is 10.4 Å². The van der Waals surface area contributed by atoms with Crippen LogP contribution in [0.15, 0.2) is 34.9 Å². The van der Waals surface area contributed by atoms with Crippen molar-refractivity contribution in [3.05, 3.63) is 40.5 Å². The zero-order valence-electron chi connectivity index (χ0n) is 8.59. The molecule has 0 aliphatic carbocycles. The van der Waals surface area contributed by atoms with Gasteiger partial charge in [-0.3, -0.25) is 0 Å². The summed E-state index contributed by atoms with van der Waals surface area (Å²) < 4.78 is 6.11. The summed E-state index contributed by atoms with van der Waals surface area (Å²) in [6.07, 6.45) is 1.43. The highest BCUT2D eigenvalue weighted by Crippen LogP contribution is 2.33. The molecule has 0 fully saturated rings. The molecule has 0 atom stereocenters. The summed E-state index contributed by atoms with van der Waals surface area (Å²) in [5.74, 6) is 0.642. The van der Waals surface area contributed by atoms with Crippen molar-refractivity contribution < 1.29 is 4.74 Å². The zero-order chi connectivity index (χ0) is 12.3. The molecule has 0 amide bonds. The second-order valence-electron chi connectivity index (χ2n) is 3.12. The molecular formula is C11H7BrN4O. The lowest BCUT2D eigenvalue weighted by Crippen LogP contribution is -1.95. The first-order valence-corrected chi connectivity index (χ1v) is 5.45. The topological polar surface area (TPSA) is 84.8 Å². The second kappa shape index (κ2) is 4.80. The number of nitrogens with zero attached hydrogens (tertiary/aromatic N) is 3. The van der Waals surface area contributed by atoms with Crippen LogP contribution in [-0.2, 0) is 0 Å². The minimum Gasteiger partial charge on any atom is -0.435 e. The van der Waals surface area contributed by atoms with Crippen LogP contribution in [-0.4, -0.2) is 10.2 Å². The van der Waals surface area contributed by atoms with Crippen LogP contribution in [0, 0.1) is 11.3 Å². The lowest BCUT2D eigenvalue weighted by Gasteiger charge is -2.08. The van der Waals surface area contributed by atoms with Gasteiger partial charge in [0.05, 0.1) is 10.7 Å². The Morgan fingerprint density at radius 1 is 1.35 bits per heavy atom. The Morgan fingerprint density at radius 3 is 2.94 bits per heavy atom. The van der Waals surface area contributed by atoms with Crippen molar-refractivity contribution in [2.24, 2.45) is 0 Å². The molecule has 0 spiro atoms. The zero-order valence-corrected chi connectivity index (χ0v) is 10.2. The Labute approximate surface area is 106 Å². The predicted molar refractivity (Wildman–Crippen MR) is 65.4 cm³/mol. The number of rotatable bonds is 2. The third-order valence-electron chi connectivity index (χ3n) is 2.01. The average Bonchev–Trinajstić information content (AvgIpc) is 2.35. The van der Waals surface area contributed by atoms with Gasteiger partial charge in [-0.25, -0.2) is 0 Å². The van der Waals surface area contributed by atoms with Crippen LogP contribution in [0.3, 0.4) is 0 Å². The van der Waals surface area contributed by atoms with Gasteiger partial charge in [0.1, 0.15) is 17.4 Å². The number of hydrogen-bond donors (Lipinski definition) is 1. The van der Waals surface area contributed by atoms with E-state index in [9.17, 15) is 0 Å². The first-order valence-electron chi connectivity index (χ1n) is 4.66. The number of nitrogen functional groups attached to an aromatic ring is 1. The molecule has 5 nitrogen and oxygen atoms in total. The van der Waals surface area contributed by atoms with Gasteiger partial charge in [0, 0.05) is 5.69 Å². The lowest BCUT2D eigenvalue weighted by molar-refractivity contribution is 0.451. The molecule has 0 saturated heterocycles. The number of nitrogens with two attached hydrogens (primary N) is 1. The number of hydrogen-bond acceptors (Lipinski definition) is 5. The van der Waals surface area contributed by atoms with Gasteiger partial charge in [-0.05, 0) is 34.1 Å². The molecule has 0 aliphatic rings. The minimum absolute atomic E-state index is 0.154. The van der Waals surface area contributed by atoms with E-state index in [0.29, 0.717) is 21.5 Å². The number of benzene rings is 1. The molecular weight excluding hydrogens is 284 g/mol. The third-order valence-corrected chi connectivity index (χ3v) is 2.86. The van der Waals surface area contributed by atoms with Crippen molar-refractivity contribution in [1.29, 1.82) is 5.26 Å². The monoisotopic (exact) mass is 290 g/mol. The lowest BCUT2D eigenvalue weighted by atomic mass is 10.3. The van der Waals surface area contributed by atoms with E-state index in [1.54, 1.807) is 18.2 Å². The fourth-order valence-corrected chi connectivity index (χ4v) is 1.54. The van der Waals surface area contributed by atoms with E-state index in [0.717, 1.165) is 0 Å². The number of halogens is 1. The highest BCUT2D eigenvalue weighted by Gasteiger charge is 2.10. The Bertz CT molecular complexity index is 594. The standard InChI is InChI=1S/C11H7BrN4O/c12-10-8(14)2-1-3-9(10)17-11-7(6-13)4-5-15-16-11/h1-5H,14H2. The molecule has 2 aromatic rings. The first kappa shape index (κ1) is 11.4. The quantitative estimate of drug-likeness (QED) is 0.859. The van der Waals surface area contributed by atoms with Crippen LogP contribution in [0.4, 0.5) is 5.69 Å². The Kier molecular flexibility index (Phi) is 3.21. The summed E-state index contributed by atoms with van der Waals surface area (Å²) in [6, 6.07) is 8.71. The molecule has 0 saturated carbocycles. The van der Waals surface area contributed by atoms with Crippen LogP contribution >= 0.6 is 15.9 Å². The summed E-state index contributed by atoms with van der Waals surface area (Å²) in [6.45, 7) is 0. The summed E-state index contributed by atoms with van der Waals surface area (Å²) in [4.78, 5) is 0. The van der Waals surface area contributed by atoms with E-state index in [-0.39, 0.29) is 5.88 Å². The van der Waals surface area contributed by atoms with Crippen LogP contribution < -0.4 is 10.5 Å².